The molecule has 0 fully saturated rings. The normalized spacial score (nSPS) is 10.7. The zero-order valence-electron chi connectivity index (χ0n) is 32.9. The van der Waals surface area contributed by atoms with Gasteiger partial charge in [-0.15, -0.1) is 0 Å². The minimum absolute atomic E-state index is 0.0826. The Hall–Kier alpha value is -2.65. The molecule has 270 valence electrons. The molecule has 0 aliphatic heterocycles. The molecular weight excluding hydrogens is 570 g/mol. The maximum Gasteiger partial charge on any atom is 0.222 e. The summed E-state index contributed by atoms with van der Waals surface area (Å²) in [5.74, 6) is 1.13. The number of amides is 5. The van der Waals surface area contributed by atoms with Crippen LogP contribution in [0.4, 0.5) is 0 Å². The maximum atomic E-state index is 11.1. The van der Waals surface area contributed by atoms with Crippen molar-refractivity contribution >= 4 is 29.5 Å². The first-order valence-corrected chi connectivity index (χ1v) is 16.4. The van der Waals surface area contributed by atoms with E-state index in [0.29, 0.717) is 0 Å². The molecule has 0 unspecified atom stereocenters. The van der Waals surface area contributed by atoms with Crippen LogP contribution in [0.5, 0.6) is 0 Å². The van der Waals surface area contributed by atoms with E-state index in [0.717, 1.165) is 13.1 Å². The van der Waals surface area contributed by atoms with Gasteiger partial charge in [-0.3, -0.25) is 24.0 Å². The minimum Gasteiger partial charge on any atom is -0.359 e. The van der Waals surface area contributed by atoms with E-state index in [-0.39, 0.29) is 76.1 Å². The van der Waals surface area contributed by atoms with Gasteiger partial charge in [0.15, 0.2) is 0 Å². The van der Waals surface area contributed by atoms with Crippen LogP contribution >= 0.6 is 0 Å². The van der Waals surface area contributed by atoms with E-state index >= 15 is 0 Å². The van der Waals surface area contributed by atoms with Crippen molar-refractivity contribution in [3.05, 3.63) is 0 Å². The highest BCUT2D eigenvalue weighted by Crippen LogP contribution is 2.10. The van der Waals surface area contributed by atoms with E-state index in [9.17, 15) is 24.0 Å². The molecule has 0 atom stereocenters. The third kappa shape index (κ3) is 45.9. The van der Waals surface area contributed by atoms with E-state index in [2.05, 4.69) is 47.4 Å². The molecule has 10 heteroatoms. The van der Waals surface area contributed by atoms with Crippen LogP contribution in [0.1, 0.15) is 132 Å². The molecule has 0 aromatic rings. The summed E-state index contributed by atoms with van der Waals surface area (Å²) in [6.07, 6.45) is 0. The van der Waals surface area contributed by atoms with Crippen molar-refractivity contribution in [2.45, 2.75) is 143 Å². The molecule has 0 aliphatic carbocycles. The lowest BCUT2D eigenvalue weighted by molar-refractivity contribution is -0.126. The second-order valence-electron chi connectivity index (χ2n) is 15.0. The van der Waals surface area contributed by atoms with Crippen LogP contribution in [-0.4, -0.2) is 61.3 Å². The van der Waals surface area contributed by atoms with Gasteiger partial charge in [0.1, 0.15) is 0 Å². The molecule has 0 bridgehead atoms. The molecule has 0 saturated heterocycles. The van der Waals surface area contributed by atoms with Crippen molar-refractivity contribution in [1.82, 2.24) is 26.6 Å². The molecule has 0 aromatic carbocycles. The molecule has 0 aromatic heterocycles. The number of hydrogen-bond acceptors (Lipinski definition) is 5. The first-order chi connectivity index (χ1) is 20.1. The number of rotatable bonds is 8. The molecule has 45 heavy (non-hydrogen) atoms. The molecule has 0 rings (SSSR count). The van der Waals surface area contributed by atoms with E-state index in [1.165, 1.54) is 0 Å². The van der Waals surface area contributed by atoms with Gasteiger partial charge < -0.3 is 26.6 Å². The summed E-state index contributed by atoms with van der Waals surface area (Å²) < 4.78 is 0. The van der Waals surface area contributed by atoms with Gasteiger partial charge in [0.2, 0.25) is 29.5 Å². The first-order valence-electron chi connectivity index (χ1n) is 16.4. The lowest BCUT2D eigenvalue weighted by Gasteiger charge is -2.21. The zero-order valence-corrected chi connectivity index (χ0v) is 32.9. The highest BCUT2D eigenvalue weighted by Gasteiger charge is 2.15. The standard InChI is InChI=1S/C9H19NO.C8H17NO.C7H15NO.C6H13NO.C5H11NO/c1-7(2)8(11)10-6-9(3,4)5;1-6(2)7(10)9-8(3,4)5;1-5(2)7(9)8-6(3)4;1-4-7-6(8)5(2)3;1-4(2)5(7)6-3/h7H,6H2,1-5H3,(H,10,11);6H,1-5H3,(H,9,10);5-6H,1-4H3,(H,8,9);5H,4H2,1-3H3,(H,7,8);4H,1-3H3,(H,6,7). The van der Waals surface area contributed by atoms with Crippen molar-refractivity contribution in [2.24, 2.45) is 35.0 Å². The lowest BCUT2D eigenvalue weighted by atomic mass is 9.97. The summed E-state index contributed by atoms with van der Waals surface area (Å²) in [6.45, 7) is 38.4. The molecule has 0 spiro atoms. The van der Waals surface area contributed by atoms with E-state index in [4.69, 9.17) is 0 Å². The fourth-order valence-electron chi connectivity index (χ4n) is 2.19. The third-order valence-electron chi connectivity index (χ3n) is 4.94. The molecule has 10 nitrogen and oxygen atoms in total. The minimum atomic E-state index is -0.0959. The predicted octanol–water partition coefficient (Wildman–Crippen LogP) is 5.70. The highest BCUT2D eigenvalue weighted by atomic mass is 16.2. The average molecular weight is 646 g/mol. The Kier molecular flexibility index (Phi) is 31.9. The number of carbonyl (C=O) groups excluding carboxylic acids is 5. The van der Waals surface area contributed by atoms with Crippen molar-refractivity contribution in [1.29, 1.82) is 0 Å². The fourth-order valence-corrected chi connectivity index (χ4v) is 2.19. The first kappa shape index (κ1) is 51.9. The van der Waals surface area contributed by atoms with Gasteiger partial charge in [-0.05, 0) is 47.0 Å². The summed E-state index contributed by atoms with van der Waals surface area (Å²) in [5, 5.41) is 13.8. The van der Waals surface area contributed by atoms with Gasteiger partial charge in [0, 0.05) is 61.3 Å². The van der Waals surface area contributed by atoms with Crippen LogP contribution in [-0.2, 0) is 24.0 Å². The molecule has 0 heterocycles. The van der Waals surface area contributed by atoms with Crippen molar-refractivity contribution in [3.63, 3.8) is 0 Å². The van der Waals surface area contributed by atoms with E-state index in [1.54, 1.807) is 7.05 Å². The summed E-state index contributed by atoms with van der Waals surface area (Å²) in [7, 11) is 1.64. The van der Waals surface area contributed by atoms with Crippen LogP contribution in [0.3, 0.4) is 0 Å². The number of carbonyl (C=O) groups is 5. The van der Waals surface area contributed by atoms with Crippen LogP contribution in [0.2, 0.25) is 0 Å². The van der Waals surface area contributed by atoms with Crippen LogP contribution < -0.4 is 26.6 Å². The van der Waals surface area contributed by atoms with Crippen LogP contribution in [0, 0.1) is 35.0 Å². The summed E-state index contributed by atoms with van der Waals surface area (Å²) in [6, 6.07) is 0.264. The molecular formula is C35H75N5O5. The van der Waals surface area contributed by atoms with Gasteiger partial charge in [-0.25, -0.2) is 0 Å². The largest absolute Gasteiger partial charge is 0.359 e. The van der Waals surface area contributed by atoms with Crippen LogP contribution in [0.25, 0.3) is 0 Å². The Morgan fingerprint density at radius 2 is 0.844 bits per heavy atom. The van der Waals surface area contributed by atoms with Gasteiger partial charge in [-0.2, -0.15) is 0 Å². The quantitative estimate of drug-likeness (QED) is 0.230. The Labute approximate surface area is 278 Å². The van der Waals surface area contributed by atoms with Crippen molar-refractivity contribution in [3.8, 4) is 0 Å². The summed E-state index contributed by atoms with van der Waals surface area (Å²) in [4.78, 5) is 54.0. The van der Waals surface area contributed by atoms with Gasteiger partial charge in [0.25, 0.3) is 0 Å². The third-order valence-corrected chi connectivity index (χ3v) is 4.94. The monoisotopic (exact) mass is 646 g/mol. The molecule has 5 N–H and O–H groups in total. The number of nitrogens with one attached hydrogen (secondary N) is 5. The summed E-state index contributed by atoms with van der Waals surface area (Å²) in [5.41, 5.74) is 0.0892. The second-order valence-corrected chi connectivity index (χ2v) is 15.0. The molecule has 0 saturated carbocycles. The zero-order chi connectivity index (χ0) is 37.3. The highest BCUT2D eigenvalue weighted by molar-refractivity contribution is 5.79. The van der Waals surface area contributed by atoms with Crippen LogP contribution in [0.15, 0.2) is 0 Å². The predicted molar refractivity (Wildman–Crippen MR) is 191 cm³/mol. The maximum absolute atomic E-state index is 11.1. The van der Waals surface area contributed by atoms with Gasteiger partial charge in [-0.1, -0.05) is 90.0 Å². The van der Waals surface area contributed by atoms with Crippen molar-refractivity contribution in [2.75, 3.05) is 20.1 Å². The lowest BCUT2D eigenvalue weighted by Crippen LogP contribution is -2.42. The molecule has 5 amide bonds. The molecule has 0 aliphatic rings. The van der Waals surface area contributed by atoms with Crippen molar-refractivity contribution < 1.29 is 24.0 Å². The molecule has 0 radical (unpaired) electrons. The van der Waals surface area contributed by atoms with E-state index in [1.807, 2.05) is 111 Å². The van der Waals surface area contributed by atoms with Gasteiger partial charge in [0.05, 0.1) is 0 Å². The topological polar surface area (TPSA) is 146 Å². The van der Waals surface area contributed by atoms with E-state index < -0.39 is 0 Å². The SMILES string of the molecule is CC(C)C(=O)NC(C)(C)C.CC(C)C(=O)NCC(C)(C)C.CC(C)NC(=O)C(C)C.CCNC(=O)C(C)C.CNC(=O)C(C)C. The number of hydrogen-bond donors (Lipinski definition) is 5. The smallest absolute Gasteiger partial charge is 0.222 e. The Balaban J connectivity index is -0.000000149. The fraction of sp³-hybridized carbons (Fsp3) is 0.857. The summed E-state index contributed by atoms with van der Waals surface area (Å²) >= 11 is 0. The van der Waals surface area contributed by atoms with Gasteiger partial charge >= 0.3 is 0 Å². The second kappa shape index (κ2) is 27.6. The average Bonchev–Trinajstić information content (AvgIpc) is 2.86. The Morgan fingerprint density at radius 1 is 0.511 bits per heavy atom. The Morgan fingerprint density at radius 3 is 0.978 bits per heavy atom. The Bertz CT molecular complexity index is 806.